The number of hydrogen-bond acceptors (Lipinski definition) is 6. The summed E-state index contributed by atoms with van der Waals surface area (Å²) in [5, 5.41) is 11.3. The number of nitrogens with zero attached hydrogens (tertiary/aromatic N) is 2. The molecule has 20 heavy (non-hydrogen) atoms. The van der Waals surface area contributed by atoms with Crippen LogP contribution >= 0.6 is 0 Å². The van der Waals surface area contributed by atoms with E-state index in [-0.39, 0.29) is 5.95 Å². The molecule has 1 amide bonds. The lowest BCUT2D eigenvalue weighted by Gasteiger charge is -2.11. The van der Waals surface area contributed by atoms with Crippen molar-refractivity contribution < 1.29 is 24.2 Å². The molecule has 1 aromatic rings. The maximum Gasteiger partial charge on any atom is 0.332 e. The largest absolute Gasteiger partial charge is 0.481 e. The lowest BCUT2D eigenvalue weighted by Crippen LogP contribution is -2.30. The Morgan fingerprint density at radius 2 is 2.10 bits per heavy atom. The van der Waals surface area contributed by atoms with Crippen LogP contribution in [0.15, 0.2) is 6.07 Å². The van der Waals surface area contributed by atoms with E-state index in [9.17, 15) is 9.59 Å². The number of carbonyl (C=O) groups excluding carboxylic acids is 1. The van der Waals surface area contributed by atoms with E-state index < -0.39 is 24.1 Å². The first-order valence-electron chi connectivity index (χ1n) is 6.08. The maximum absolute atomic E-state index is 11.9. The molecule has 2 rings (SSSR count). The second-order valence-electron chi connectivity index (χ2n) is 4.39. The summed E-state index contributed by atoms with van der Waals surface area (Å²) in [7, 11) is 1.46. The van der Waals surface area contributed by atoms with Crippen LogP contribution in [0.4, 0.5) is 5.95 Å². The van der Waals surface area contributed by atoms with Crippen molar-refractivity contribution in [1.29, 1.82) is 0 Å². The van der Waals surface area contributed by atoms with Crippen molar-refractivity contribution >= 4 is 17.8 Å². The summed E-state index contributed by atoms with van der Waals surface area (Å²) in [6, 6.07) is 1.63. The molecule has 1 aliphatic heterocycles. The molecule has 0 spiro atoms. The van der Waals surface area contributed by atoms with Crippen molar-refractivity contribution in [1.82, 2.24) is 9.97 Å². The minimum absolute atomic E-state index is 0.106. The number of hydrogen-bond donors (Lipinski definition) is 2. The molecule has 8 nitrogen and oxygen atoms in total. The minimum Gasteiger partial charge on any atom is -0.481 e. The van der Waals surface area contributed by atoms with E-state index in [1.807, 2.05) is 0 Å². The van der Waals surface area contributed by atoms with Crippen molar-refractivity contribution in [2.24, 2.45) is 0 Å². The van der Waals surface area contributed by atoms with E-state index in [4.69, 9.17) is 14.6 Å². The lowest BCUT2D eigenvalue weighted by atomic mass is 10.2. The molecule has 0 bridgehead atoms. The molecule has 2 heterocycles. The number of carboxylic acids is 1. The van der Waals surface area contributed by atoms with Crippen LogP contribution < -0.4 is 10.1 Å². The Balaban J connectivity index is 2.02. The molecular formula is C12H15N3O5. The zero-order valence-electron chi connectivity index (χ0n) is 11.1. The molecule has 2 unspecified atom stereocenters. The molecule has 0 aliphatic carbocycles. The highest BCUT2D eigenvalue weighted by molar-refractivity contribution is 5.93. The topological polar surface area (TPSA) is 111 Å². The van der Waals surface area contributed by atoms with Gasteiger partial charge in [-0.05, 0) is 19.8 Å². The molecule has 8 heteroatoms. The molecule has 1 fully saturated rings. The molecule has 108 valence electrons. The predicted octanol–water partition coefficient (Wildman–Crippen LogP) is 0.364. The fourth-order valence-corrected chi connectivity index (χ4v) is 1.90. The predicted molar refractivity (Wildman–Crippen MR) is 67.5 cm³/mol. The number of aromatic nitrogens is 2. The third-order valence-corrected chi connectivity index (χ3v) is 2.86. The fourth-order valence-electron chi connectivity index (χ4n) is 1.90. The van der Waals surface area contributed by atoms with Crippen molar-refractivity contribution in [3.8, 4) is 5.88 Å². The summed E-state index contributed by atoms with van der Waals surface area (Å²) < 4.78 is 10.1. The monoisotopic (exact) mass is 281 g/mol. The Hall–Kier alpha value is -2.22. The van der Waals surface area contributed by atoms with Gasteiger partial charge in [-0.3, -0.25) is 10.1 Å². The number of carbonyl (C=O) groups is 2. The van der Waals surface area contributed by atoms with Gasteiger partial charge in [0.15, 0.2) is 6.10 Å². The molecule has 0 aromatic carbocycles. The summed E-state index contributed by atoms with van der Waals surface area (Å²) in [5.74, 6) is -1.08. The van der Waals surface area contributed by atoms with Crippen LogP contribution in [0.2, 0.25) is 0 Å². The van der Waals surface area contributed by atoms with Crippen LogP contribution in [-0.4, -0.2) is 46.3 Å². The Morgan fingerprint density at radius 1 is 1.40 bits per heavy atom. The Labute approximate surface area is 115 Å². The summed E-state index contributed by atoms with van der Waals surface area (Å²) in [6.45, 7) is 1.74. The maximum atomic E-state index is 11.9. The van der Waals surface area contributed by atoms with Crippen molar-refractivity contribution in [3.63, 3.8) is 0 Å². The number of carboxylic acid groups (broad SMARTS) is 1. The summed E-state index contributed by atoms with van der Waals surface area (Å²) in [5.41, 5.74) is 0.642. The van der Waals surface area contributed by atoms with Crippen molar-refractivity contribution in [2.45, 2.75) is 32.0 Å². The van der Waals surface area contributed by atoms with Gasteiger partial charge in [-0.15, -0.1) is 0 Å². The normalized spacial score (nSPS) is 21.5. The SMILES string of the molecule is COc1cc(C)nc(NC(=O)C2CCC(C(=O)O)O2)n1. The number of amides is 1. The number of nitrogens with one attached hydrogen (secondary N) is 1. The van der Waals surface area contributed by atoms with E-state index in [1.54, 1.807) is 13.0 Å². The number of aliphatic carboxylic acids is 1. The first-order chi connectivity index (χ1) is 9.49. The molecule has 0 saturated carbocycles. The lowest BCUT2D eigenvalue weighted by molar-refractivity contribution is -0.150. The van der Waals surface area contributed by atoms with Crippen molar-refractivity contribution in [2.75, 3.05) is 12.4 Å². The highest BCUT2D eigenvalue weighted by atomic mass is 16.5. The second-order valence-corrected chi connectivity index (χ2v) is 4.39. The van der Waals surface area contributed by atoms with E-state index in [0.29, 0.717) is 24.4 Å². The van der Waals surface area contributed by atoms with Crippen LogP contribution in [-0.2, 0) is 14.3 Å². The third-order valence-electron chi connectivity index (χ3n) is 2.86. The summed E-state index contributed by atoms with van der Waals surface area (Å²) in [6.07, 6.45) is -1.07. The zero-order valence-corrected chi connectivity index (χ0v) is 11.1. The summed E-state index contributed by atoms with van der Waals surface area (Å²) in [4.78, 5) is 30.7. The van der Waals surface area contributed by atoms with Crippen LogP contribution in [0.1, 0.15) is 18.5 Å². The number of rotatable bonds is 4. The van der Waals surface area contributed by atoms with E-state index in [1.165, 1.54) is 7.11 Å². The van der Waals surface area contributed by atoms with E-state index >= 15 is 0 Å². The Bertz CT molecular complexity index is 534. The Kier molecular flexibility index (Phi) is 4.14. The average Bonchev–Trinajstić information content (AvgIpc) is 2.87. The van der Waals surface area contributed by atoms with Gasteiger partial charge in [-0.1, -0.05) is 0 Å². The van der Waals surface area contributed by atoms with Crippen LogP contribution in [0, 0.1) is 6.92 Å². The minimum atomic E-state index is -1.06. The molecule has 0 radical (unpaired) electrons. The van der Waals surface area contributed by atoms with Gasteiger partial charge >= 0.3 is 5.97 Å². The quantitative estimate of drug-likeness (QED) is 0.819. The zero-order chi connectivity index (χ0) is 14.7. The molecular weight excluding hydrogens is 266 g/mol. The first kappa shape index (κ1) is 14.2. The van der Waals surface area contributed by atoms with Gasteiger partial charge in [-0.2, -0.15) is 4.98 Å². The van der Waals surface area contributed by atoms with Gasteiger partial charge in [0.25, 0.3) is 5.91 Å². The second kappa shape index (κ2) is 5.83. The van der Waals surface area contributed by atoms with Gasteiger partial charge in [0.1, 0.15) is 6.10 Å². The Morgan fingerprint density at radius 3 is 2.70 bits per heavy atom. The molecule has 1 aliphatic rings. The fraction of sp³-hybridized carbons (Fsp3) is 0.500. The standard InChI is InChI=1S/C12H15N3O5/c1-6-5-9(19-2)14-12(13-6)15-10(16)7-3-4-8(20-7)11(17)18/h5,7-8H,3-4H2,1-2H3,(H,17,18)(H,13,14,15,16). The molecule has 1 aromatic heterocycles. The molecule has 2 N–H and O–H groups in total. The van der Waals surface area contributed by atoms with Crippen LogP contribution in [0.5, 0.6) is 5.88 Å². The number of ether oxygens (including phenoxy) is 2. The van der Waals surface area contributed by atoms with Crippen LogP contribution in [0.3, 0.4) is 0 Å². The average molecular weight is 281 g/mol. The highest BCUT2D eigenvalue weighted by Crippen LogP contribution is 2.21. The van der Waals surface area contributed by atoms with Gasteiger partial charge < -0.3 is 14.6 Å². The highest BCUT2D eigenvalue weighted by Gasteiger charge is 2.35. The van der Waals surface area contributed by atoms with E-state index in [2.05, 4.69) is 15.3 Å². The molecule has 1 saturated heterocycles. The summed E-state index contributed by atoms with van der Waals surface area (Å²) >= 11 is 0. The van der Waals surface area contributed by atoms with Gasteiger partial charge in [-0.25, -0.2) is 9.78 Å². The third kappa shape index (κ3) is 3.21. The number of anilines is 1. The first-order valence-corrected chi connectivity index (χ1v) is 6.08. The smallest absolute Gasteiger partial charge is 0.332 e. The number of aryl methyl sites for hydroxylation is 1. The number of methoxy groups -OCH3 is 1. The van der Waals surface area contributed by atoms with Gasteiger partial charge in [0, 0.05) is 11.8 Å². The van der Waals surface area contributed by atoms with Gasteiger partial charge in [0.05, 0.1) is 7.11 Å². The van der Waals surface area contributed by atoms with E-state index in [0.717, 1.165) is 0 Å². The van der Waals surface area contributed by atoms with Crippen molar-refractivity contribution in [3.05, 3.63) is 11.8 Å². The molecule has 2 atom stereocenters. The van der Waals surface area contributed by atoms with Gasteiger partial charge in [0.2, 0.25) is 11.8 Å². The van der Waals surface area contributed by atoms with Crippen LogP contribution in [0.25, 0.3) is 0 Å².